The van der Waals surface area contributed by atoms with E-state index in [-0.39, 0.29) is 30.1 Å². The van der Waals surface area contributed by atoms with E-state index in [1.807, 2.05) is 38.1 Å². The number of carbonyl (C=O) groups is 2. The number of rotatable bonds is 5. The topological polar surface area (TPSA) is 71.5 Å². The fraction of sp³-hybridized carbons (Fsp3) is 0.320. The van der Waals surface area contributed by atoms with Gasteiger partial charge in [-0.3, -0.25) is 9.59 Å². The normalized spacial score (nSPS) is 16.4. The lowest BCUT2D eigenvalue weighted by Gasteiger charge is -2.33. The summed E-state index contributed by atoms with van der Waals surface area (Å²) in [5.74, 6) is -0.546. The predicted molar refractivity (Wildman–Crippen MR) is 120 cm³/mol. The van der Waals surface area contributed by atoms with Crippen LogP contribution in [0.5, 0.6) is 0 Å². The first kappa shape index (κ1) is 21.9. The monoisotopic (exact) mass is 435 g/mol. The first-order valence-corrected chi connectivity index (χ1v) is 10.7. The second-order valence-electron chi connectivity index (χ2n) is 8.24. The molecule has 1 atom stereocenters. The number of nitrogens with zero attached hydrogens (tertiary/aromatic N) is 2. The number of carbonyl (C=O) groups excluding carboxylic acids is 2. The summed E-state index contributed by atoms with van der Waals surface area (Å²) in [4.78, 5) is 32.1. The number of hydrogen-bond donors (Lipinski definition) is 1. The summed E-state index contributed by atoms with van der Waals surface area (Å²) in [5, 5.41) is 3.71. The fourth-order valence-electron chi connectivity index (χ4n) is 3.83. The third kappa shape index (κ3) is 4.94. The van der Waals surface area contributed by atoms with Gasteiger partial charge in [0, 0.05) is 18.0 Å². The second-order valence-corrected chi connectivity index (χ2v) is 8.24. The Bertz CT molecular complexity index is 1130. The number of ether oxygens (including phenoxy) is 1. The molecule has 2 amide bonds. The van der Waals surface area contributed by atoms with E-state index in [2.05, 4.69) is 5.32 Å². The van der Waals surface area contributed by atoms with Crippen molar-refractivity contribution in [1.82, 2.24) is 15.2 Å². The Labute approximate surface area is 186 Å². The minimum atomic E-state index is -0.434. The third-order valence-electron chi connectivity index (χ3n) is 5.42. The van der Waals surface area contributed by atoms with Crippen LogP contribution in [-0.2, 0) is 16.0 Å². The van der Waals surface area contributed by atoms with Crippen molar-refractivity contribution in [2.75, 3.05) is 19.7 Å². The quantitative estimate of drug-likeness (QED) is 0.664. The van der Waals surface area contributed by atoms with Crippen LogP contribution in [0.25, 0.3) is 10.9 Å². The van der Waals surface area contributed by atoms with E-state index < -0.39 is 6.10 Å². The number of nitrogens with one attached hydrogen (secondary N) is 1. The zero-order valence-corrected chi connectivity index (χ0v) is 18.2. The van der Waals surface area contributed by atoms with Gasteiger partial charge in [0.05, 0.1) is 36.3 Å². The van der Waals surface area contributed by atoms with Crippen molar-refractivity contribution in [3.05, 3.63) is 77.2 Å². The summed E-state index contributed by atoms with van der Waals surface area (Å²) in [6.45, 7) is 5.03. The zero-order chi connectivity index (χ0) is 22.7. The van der Waals surface area contributed by atoms with E-state index in [0.29, 0.717) is 36.5 Å². The van der Waals surface area contributed by atoms with Crippen molar-refractivity contribution in [3.63, 3.8) is 0 Å². The van der Waals surface area contributed by atoms with Gasteiger partial charge in [-0.05, 0) is 43.7 Å². The minimum absolute atomic E-state index is 0.00313. The molecule has 1 aliphatic rings. The van der Waals surface area contributed by atoms with Crippen LogP contribution in [-0.4, -0.2) is 47.4 Å². The van der Waals surface area contributed by atoms with Crippen molar-refractivity contribution in [2.24, 2.45) is 0 Å². The fourth-order valence-corrected chi connectivity index (χ4v) is 3.83. The van der Waals surface area contributed by atoms with Gasteiger partial charge >= 0.3 is 0 Å². The Morgan fingerprint density at radius 1 is 1.19 bits per heavy atom. The lowest BCUT2D eigenvalue weighted by atomic mass is 10.0. The van der Waals surface area contributed by atoms with Crippen molar-refractivity contribution in [1.29, 1.82) is 0 Å². The summed E-state index contributed by atoms with van der Waals surface area (Å²) in [6.07, 6.45) is -0.240. The molecule has 0 unspecified atom stereocenters. The molecule has 1 N–H and O–H groups in total. The van der Waals surface area contributed by atoms with Gasteiger partial charge in [-0.25, -0.2) is 9.37 Å². The minimum Gasteiger partial charge on any atom is -0.368 e. The molecule has 166 valence electrons. The molecule has 1 aliphatic heterocycles. The smallest absolute Gasteiger partial charge is 0.252 e. The van der Waals surface area contributed by atoms with Gasteiger partial charge < -0.3 is 15.0 Å². The Morgan fingerprint density at radius 2 is 1.94 bits per heavy atom. The lowest BCUT2D eigenvalue weighted by Crippen LogP contribution is -2.43. The second kappa shape index (κ2) is 9.44. The van der Waals surface area contributed by atoms with Crippen molar-refractivity contribution in [2.45, 2.75) is 32.4 Å². The molecule has 1 saturated heterocycles. The standard InChI is InChI=1S/C25H26FN3O3/c1-16(2)27-25(31)20-14-22(28-21-6-4-3-5-19(20)21)23-15-29(11-12-32-23)24(30)13-17-7-9-18(26)10-8-17/h3-10,14,16,23H,11-13,15H2,1-2H3,(H,27,31)/t23-/m1/s1. The van der Waals surface area contributed by atoms with Crippen LogP contribution in [0, 0.1) is 5.82 Å². The number of hydrogen-bond acceptors (Lipinski definition) is 4. The summed E-state index contributed by atoms with van der Waals surface area (Å²) in [5.41, 5.74) is 2.63. The molecule has 32 heavy (non-hydrogen) atoms. The SMILES string of the molecule is CC(C)NC(=O)c1cc([C@H]2CN(C(=O)Cc3ccc(F)cc3)CCO2)nc2ccccc12. The first-order chi connectivity index (χ1) is 15.4. The molecule has 3 aromatic rings. The van der Waals surface area contributed by atoms with E-state index >= 15 is 0 Å². The molecule has 0 bridgehead atoms. The van der Waals surface area contributed by atoms with Gasteiger partial charge in [0.15, 0.2) is 0 Å². The molecule has 0 aliphatic carbocycles. The Balaban J connectivity index is 1.57. The van der Waals surface area contributed by atoms with Crippen molar-refractivity contribution in [3.8, 4) is 0 Å². The van der Waals surface area contributed by atoms with E-state index in [0.717, 1.165) is 10.9 Å². The third-order valence-corrected chi connectivity index (χ3v) is 5.42. The Hall–Kier alpha value is -3.32. The maximum Gasteiger partial charge on any atom is 0.252 e. The van der Waals surface area contributed by atoms with Gasteiger partial charge in [0.25, 0.3) is 5.91 Å². The van der Waals surface area contributed by atoms with Gasteiger partial charge in [-0.1, -0.05) is 30.3 Å². The van der Waals surface area contributed by atoms with Gasteiger partial charge in [-0.15, -0.1) is 0 Å². The van der Waals surface area contributed by atoms with Gasteiger partial charge in [-0.2, -0.15) is 0 Å². The van der Waals surface area contributed by atoms with E-state index in [1.54, 1.807) is 23.1 Å². The number of para-hydroxylation sites is 1. The molecular formula is C25H26FN3O3. The summed E-state index contributed by atoms with van der Waals surface area (Å²) in [6, 6.07) is 15.2. The molecule has 1 aromatic heterocycles. The van der Waals surface area contributed by atoms with Gasteiger partial charge in [0.2, 0.25) is 5.91 Å². The van der Waals surface area contributed by atoms with Crippen LogP contribution in [0.15, 0.2) is 54.6 Å². The number of halogens is 1. The maximum absolute atomic E-state index is 13.1. The summed E-state index contributed by atoms with van der Waals surface area (Å²) < 4.78 is 19.1. The summed E-state index contributed by atoms with van der Waals surface area (Å²) >= 11 is 0. The molecule has 7 heteroatoms. The number of fused-ring (bicyclic) bond motifs is 1. The highest BCUT2D eigenvalue weighted by Gasteiger charge is 2.28. The molecule has 0 spiro atoms. The molecule has 1 fully saturated rings. The maximum atomic E-state index is 13.1. The van der Waals surface area contributed by atoms with Crippen LogP contribution in [0.1, 0.15) is 41.6 Å². The highest BCUT2D eigenvalue weighted by Crippen LogP contribution is 2.26. The van der Waals surface area contributed by atoms with Crippen LogP contribution >= 0.6 is 0 Å². The van der Waals surface area contributed by atoms with Crippen LogP contribution < -0.4 is 5.32 Å². The number of aromatic nitrogens is 1. The van der Waals surface area contributed by atoms with Crippen molar-refractivity contribution < 1.29 is 18.7 Å². The van der Waals surface area contributed by atoms with Crippen LogP contribution in [0.2, 0.25) is 0 Å². The largest absolute Gasteiger partial charge is 0.368 e. The predicted octanol–water partition coefficient (Wildman–Crippen LogP) is 3.65. The number of morpholine rings is 1. The molecule has 4 rings (SSSR count). The lowest BCUT2D eigenvalue weighted by molar-refractivity contribution is -0.138. The molecule has 0 saturated carbocycles. The average molecular weight is 435 g/mol. The summed E-state index contributed by atoms with van der Waals surface area (Å²) in [7, 11) is 0. The van der Waals surface area contributed by atoms with Crippen molar-refractivity contribution >= 4 is 22.7 Å². The molecule has 2 aromatic carbocycles. The van der Waals surface area contributed by atoms with Crippen LogP contribution in [0.4, 0.5) is 4.39 Å². The number of amides is 2. The highest BCUT2D eigenvalue weighted by atomic mass is 19.1. The molecule has 2 heterocycles. The molecular weight excluding hydrogens is 409 g/mol. The van der Waals surface area contributed by atoms with E-state index in [4.69, 9.17) is 9.72 Å². The number of pyridine rings is 1. The molecule has 0 radical (unpaired) electrons. The van der Waals surface area contributed by atoms with E-state index in [9.17, 15) is 14.0 Å². The zero-order valence-electron chi connectivity index (χ0n) is 18.2. The van der Waals surface area contributed by atoms with E-state index in [1.165, 1.54) is 12.1 Å². The Morgan fingerprint density at radius 3 is 2.69 bits per heavy atom. The molecule has 6 nitrogen and oxygen atoms in total. The highest BCUT2D eigenvalue weighted by molar-refractivity contribution is 6.06. The van der Waals surface area contributed by atoms with Gasteiger partial charge in [0.1, 0.15) is 11.9 Å². The first-order valence-electron chi connectivity index (χ1n) is 10.7. The number of benzene rings is 2. The Kier molecular flexibility index (Phi) is 6.46. The van der Waals surface area contributed by atoms with Crippen LogP contribution in [0.3, 0.4) is 0 Å². The average Bonchev–Trinajstić information content (AvgIpc) is 2.79.